The number of nitrogens with one attached hydrogen (secondary N) is 1. The van der Waals surface area contributed by atoms with Crippen LogP contribution in [0.1, 0.15) is 12.6 Å². The van der Waals surface area contributed by atoms with Crippen LogP contribution in [0.2, 0.25) is 0 Å². The van der Waals surface area contributed by atoms with Crippen LogP contribution in [0.5, 0.6) is 0 Å². The van der Waals surface area contributed by atoms with E-state index in [1.807, 2.05) is 17.7 Å². The van der Waals surface area contributed by atoms with Crippen molar-refractivity contribution in [3.8, 4) is 0 Å². The first kappa shape index (κ1) is 11.2. The average Bonchev–Trinajstić information content (AvgIpc) is 2.65. The van der Waals surface area contributed by atoms with E-state index in [2.05, 4.69) is 10.4 Å². The highest BCUT2D eigenvalue weighted by molar-refractivity contribution is 4.99. The van der Waals surface area contributed by atoms with E-state index in [1.54, 1.807) is 6.20 Å². The number of rotatable bonds is 6. The van der Waals surface area contributed by atoms with Crippen molar-refractivity contribution < 1.29 is 10.2 Å². The van der Waals surface area contributed by atoms with Crippen LogP contribution in [-0.2, 0) is 13.1 Å². The van der Waals surface area contributed by atoms with Gasteiger partial charge in [-0.1, -0.05) is 0 Å². The molecular formula is C9H17N3O2. The molecule has 80 valence electrons. The van der Waals surface area contributed by atoms with E-state index in [1.165, 1.54) is 0 Å². The Morgan fingerprint density at radius 1 is 1.64 bits per heavy atom. The molecule has 14 heavy (non-hydrogen) atoms. The molecule has 1 aromatic rings. The Bertz CT molecular complexity index is 262. The number of aliphatic hydroxyl groups excluding tert-OH is 2. The Morgan fingerprint density at radius 3 is 3.07 bits per heavy atom. The van der Waals surface area contributed by atoms with Crippen LogP contribution in [0.3, 0.4) is 0 Å². The van der Waals surface area contributed by atoms with Crippen LogP contribution in [-0.4, -0.2) is 39.2 Å². The Kier molecular flexibility index (Phi) is 4.58. The van der Waals surface area contributed by atoms with Gasteiger partial charge in [0.25, 0.3) is 0 Å². The molecular weight excluding hydrogens is 182 g/mol. The quantitative estimate of drug-likeness (QED) is 0.569. The van der Waals surface area contributed by atoms with E-state index in [4.69, 9.17) is 10.2 Å². The molecule has 1 rings (SSSR count). The summed E-state index contributed by atoms with van der Waals surface area (Å²) < 4.78 is 1.89. The lowest BCUT2D eigenvalue weighted by atomic mass is 10.3. The molecule has 0 aromatic carbocycles. The summed E-state index contributed by atoms with van der Waals surface area (Å²) in [6.45, 7) is 3.71. The fourth-order valence-corrected chi connectivity index (χ4v) is 1.23. The first-order valence-corrected chi connectivity index (χ1v) is 4.78. The van der Waals surface area contributed by atoms with Crippen molar-refractivity contribution in [2.45, 2.75) is 26.1 Å². The highest BCUT2D eigenvalue weighted by atomic mass is 16.3. The Morgan fingerprint density at radius 2 is 2.43 bits per heavy atom. The van der Waals surface area contributed by atoms with E-state index in [0.29, 0.717) is 13.1 Å². The van der Waals surface area contributed by atoms with Gasteiger partial charge in [0.2, 0.25) is 0 Å². The lowest BCUT2D eigenvalue weighted by molar-refractivity contribution is 0.0940. The first-order valence-electron chi connectivity index (χ1n) is 4.78. The molecule has 0 aliphatic rings. The highest BCUT2D eigenvalue weighted by Crippen LogP contribution is 1.97. The summed E-state index contributed by atoms with van der Waals surface area (Å²) in [4.78, 5) is 0. The molecule has 1 heterocycles. The summed E-state index contributed by atoms with van der Waals surface area (Å²) in [5, 5.41) is 24.8. The maximum atomic E-state index is 9.08. The van der Waals surface area contributed by atoms with Crippen molar-refractivity contribution in [2.75, 3.05) is 13.2 Å². The minimum atomic E-state index is -0.687. The van der Waals surface area contributed by atoms with Crippen LogP contribution in [0.4, 0.5) is 0 Å². The number of nitrogens with zero attached hydrogens (tertiary/aromatic N) is 2. The summed E-state index contributed by atoms with van der Waals surface area (Å²) >= 11 is 0. The zero-order valence-electron chi connectivity index (χ0n) is 8.35. The predicted molar refractivity (Wildman–Crippen MR) is 52.7 cm³/mol. The zero-order chi connectivity index (χ0) is 10.4. The van der Waals surface area contributed by atoms with Gasteiger partial charge in [0, 0.05) is 25.8 Å². The third-order valence-corrected chi connectivity index (χ3v) is 2.00. The molecule has 1 aromatic heterocycles. The SMILES string of the molecule is CCn1nccc1CNCC(O)CO. The van der Waals surface area contributed by atoms with Crippen molar-refractivity contribution in [3.05, 3.63) is 18.0 Å². The molecule has 1 unspecified atom stereocenters. The van der Waals surface area contributed by atoms with Crippen molar-refractivity contribution in [2.24, 2.45) is 0 Å². The van der Waals surface area contributed by atoms with Crippen molar-refractivity contribution >= 4 is 0 Å². The van der Waals surface area contributed by atoms with E-state index in [9.17, 15) is 0 Å². The third kappa shape index (κ3) is 3.10. The average molecular weight is 199 g/mol. The zero-order valence-corrected chi connectivity index (χ0v) is 8.35. The highest BCUT2D eigenvalue weighted by Gasteiger charge is 2.03. The molecule has 0 aliphatic heterocycles. The smallest absolute Gasteiger partial charge is 0.0895 e. The summed E-state index contributed by atoms with van der Waals surface area (Å²) in [5.74, 6) is 0. The molecule has 0 bridgehead atoms. The summed E-state index contributed by atoms with van der Waals surface area (Å²) in [7, 11) is 0. The number of hydrogen-bond donors (Lipinski definition) is 3. The molecule has 0 spiro atoms. The maximum Gasteiger partial charge on any atom is 0.0895 e. The summed E-state index contributed by atoms with van der Waals surface area (Å²) in [5.41, 5.74) is 1.08. The topological polar surface area (TPSA) is 70.3 Å². The lowest BCUT2D eigenvalue weighted by Crippen LogP contribution is -2.29. The van der Waals surface area contributed by atoms with Gasteiger partial charge in [0.15, 0.2) is 0 Å². The maximum absolute atomic E-state index is 9.08. The standard InChI is InChI=1S/C9H17N3O2/c1-2-12-8(3-4-11-12)5-10-6-9(14)7-13/h3-4,9-10,13-14H,2,5-7H2,1H3. The minimum absolute atomic E-state index is 0.208. The summed E-state index contributed by atoms with van der Waals surface area (Å²) in [6.07, 6.45) is 1.07. The third-order valence-electron chi connectivity index (χ3n) is 2.00. The number of aliphatic hydroxyl groups is 2. The van der Waals surface area contributed by atoms with Crippen molar-refractivity contribution in [1.29, 1.82) is 0 Å². The van der Waals surface area contributed by atoms with Gasteiger partial charge < -0.3 is 15.5 Å². The van der Waals surface area contributed by atoms with Crippen LogP contribution in [0.15, 0.2) is 12.3 Å². The fourth-order valence-electron chi connectivity index (χ4n) is 1.23. The molecule has 5 nitrogen and oxygen atoms in total. The second-order valence-corrected chi connectivity index (χ2v) is 3.11. The molecule has 0 radical (unpaired) electrons. The van der Waals surface area contributed by atoms with Gasteiger partial charge in [0.05, 0.1) is 18.4 Å². The number of aromatic nitrogens is 2. The monoisotopic (exact) mass is 199 g/mol. The predicted octanol–water partition coefficient (Wildman–Crippen LogP) is -0.654. The van der Waals surface area contributed by atoms with E-state index in [-0.39, 0.29) is 6.61 Å². The van der Waals surface area contributed by atoms with Crippen LogP contribution < -0.4 is 5.32 Å². The lowest BCUT2D eigenvalue weighted by Gasteiger charge is -2.09. The second kappa shape index (κ2) is 5.74. The molecule has 3 N–H and O–H groups in total. The van der Waals surface area contributed by atoms with Crippen molar-refractivity contribution in [1.82, 2.24) is 15.1 Å². The summed E-state index contributed by atoms with van der Waals surface area (Å²) in [6, 6.07) is 1.93. The van der Waals surface area contributed by atoms with Gasteiger partial charge in [-0.25, -0.2) is 0 Å². The molecule has 0 aliphatic carbocycles. The Labute approximate surface area is 83.4 Å². The van der Waals surface area contributed by atoms with Gasteiger partial charge in [0.1, 0.15) is 0 Å². The van der Waals surface area contributed by atoms with Gasteiger partial charge in [-0.15, -0.1) is 0 Å². The Balaban J connectivity index is 2.31. The van der Waals surface area contributed by atoms with Gasteiger partial charge in [-0.3, -0.25) is 4.68 Å². The second-order valence-electron chi connectivity index (χ2n) is 3.11. The minimum Gasteiger partial charge on any atom is -0.394 e. The Hall–Kier alpha value is -0.910. The van der Waals surface area contributed by atoms with E-state index >= 15 is 0 Å². The van der Waals surface area contributed by atoms with E-state index < -0.39 is 6.10 Å². The fraction of sp³-hybridized carbons (Fsp3) is 0.667. The van der Waals surface area contributed by atoms with Crippen molar-refractivity contribution in [3.63, 3.8) is 0 Å². The van der Waals surface area contributed by atoms with Gasteiger partial charge in [-0.05, 0) is 13.0 Å². The first-order chi connectivity index (χ1) is 6.77. The van der Waals surface area contributed by atoms with Crippen LogP contribution in [0.25, 0.3) is 0 Å². The molecule has 0 amide bonds. The molecule has 0 fully saturated rings. The van der Waals surface area contributed by atoms with Crippen LogP contribution >= 0.6 is 0 Å². The number of aryl methyl sites for hydroxylation is 1. The largest absolute Gasteiger partial charge is 0.394 e. The molecule has 5 heteroatoms. The van der Waals surface area contributed by atoms with Gasteiger partial charge in [-0.2, -0.15) is 5.10 Å². The molecule has 1 atom stereocenters. The normalized spacial score (nSPS) is 13.1. The van der Waals surface area contributed by atoms with Crippen LogP contribution in [0, 0.1) is 0 Å². The molecule has 0 saturated carbocycles. The van der Waals surface area contributed by atoms with E-state index in [0.717, 1.165) is 12.2 Å². The number of hydrogen-bond acceptors (Lipinski definition) is 4. The van der Waals surface area contributed by atoms with Gasteiger partial charge >= 0.3 is 0 Å². The molecule has 0 saturated heterocycles.